The normalized spacial score (nSPS) is 23.9. The number of nitrogens with one attached hydrogen (secondary N) is 2. The minimum atomic E-state index is -4.13. The fourth-order valence-electron chi connectivity index (χ4n) is 2.03. The second-order valence-corrected chi connectivity index (χ2v) is 6.80. The first kappa shape index (κ1) is 14.5. The predicted octanol–water partition coefficient (Wildman–Crippen LogP) is -1.45. The number of rotatable bonds is 3. The van der Waals surface area contributed by atoms with Crippen LogP contribution >= 0.6 is 0 Å². The van der Waals surface area contributed by atoms with Crippen molar-refractivity contribution in [2.45, 2.75) is 18.2 Å². The quantitative estimate of drug-likeness (QED) is 0.624. The summed E-state index contributed by atoms with van der Waals surface area (Å²) >= 11 is 0. The van der Waals surface area contributed by atoms with Crippen molar-refractivity contribution in [1.29, 1.82) is 0 Å². The van der Waals surface area contributed by atoms with Crippen LogP contribution in [0.3, 0.4) is 0 Å². The second kappa shape index (κ2) is 4.56. The molecule has 0 aromatic carbocycles. The van der Waals surface area contributed by atoms with Crippen LogP contribution < -0.4 is 11.2 Å². The molecule has 0 saturated carbocycles. The first-order chi connectivity index (χ1) is 9.17. The molecule has 0 amide bonds. The van der Waals surface area contributed by atoms with Gasteiger partial charge in [0.2, 0.25) is 10.0 Å². The lowest BCUT2D eigenvalue weighted by Crippen LogP contribution is -2.38. The van der Waals surface area contributed by atoms with Crippen LogP contribution in [-0.4, -0.2) is 46.9 Å². The van der Waals surface area contributed by atoms with E-state index in [4.69, 9.17) is 5.11 Å². The zero-order valence-electron chi connectivity index (χ0n) is 10.5. The lowest BCUT2D eigenvalue weighted by atomic mass is 9.90. The molecule has 1 atom stereocenters. The molecule has 10 heteroatoms. The van der Waals surface area contributed by atoms with Crippen LogP contribution in [0.1, 0.15) is 13.3 Å². The SMILES string of the molecule is CC1(C(=O)O)CCN(S(=O)(=O)c2c[nH]c(=O)[nH]c2=O)C1. The third kappa shape index (κ3) is 2.27. The summed E-state index contributed by atoms with van der Waals surface area (Å²) in [6.07, 6.45) is 0.968. The summed E-state index contributed by atoms with van der Waals surface area (Å²) in [5.74, 6) is -1.09. The lowest BCUT2D eigenvalue weighted by Gasteiger charge is -2.19. The lowest BCUT2D eigenvalue weighted by molar-refractivity contribution is -0.146. The van der Waals surface area contributed by atoms with E-state index in [9.17, 15) is 22.8 Å². The molecule has 1 aliphatic rings. The zero-order valence-corrected chi connectivity index (χ0v) is 11.4. The second-order valence-electron chi connectivity index (χ2n) is 4.89. The average molecular weight is 303 g/mol. The molecular weight excluding hydrogens is 290 g/mol. The van der Waals surface area contributed by atoms with Crippen molar-refractivity contribution in [2.24, 2.45) is 5.41 Å². The molecule has 1 aromatic heterocycles. The maximum atomic E-state index is 12.3. The number of carbonyl (C=O) groups is 1. The van der Waals surface area contributed by atoms with E-state index in [-0.39, 0.29) is 19.5 Å². The van der Waals surface area contributed by atoms with E-state index in [0.29, 0.717) is 0 Å². The van der Waals surface area contributed by atoms with Gasteiger partial charge in [-0.15, -0.1) is 0 Å². The van der Waals surface area contributed by atoms with Crippen LogP contribution in [0.15, 0.2) is 20.7 Å². The van der Waals surface area contributed by atoms with E-state index < -0.39 is 37.6 Å². The molecule has 1 fully saturated rings. The van der Waals surface area contributed by atoms with Crippen LogP contribution in [0.5, 0.6) is 0 Å². The number of hydrogen-bond acceptors (Lipinski definition) is 5. The van der Waals surface area contributed by atoms with Gasteiger partial charge in [0.15, 0.2) is 4.90 Å². The highest BCUT2D eigenvalue weighted by molar-refractivity contribution is 7.89. The van der Waals surface area contributed by atoms with Crippen molar-refractivity contribution in [2.75, 3.05) is 13.1 Å². The van der Waals surface area contributed by atoms with Crippen LogP contribution in [0, 0.1) is 5.41 Å². The predicted molar refractivity (Wildman–Crippen MR) is 66.8 cm³/mol. The highest BCUT2D eigenvalue weighted by Crippen LogP contribution is 2.32. The van der Waals surface area contributed by atoms with Gasteiger partial charge < -0.3 is 10.1 Å². The number of aromatic amines is 2. The minimum Gasteiger partial charge on any atom is -0.481 e. The summed E-state index contributed by atoms with van der Waals surface area (Å²) in [6.45, 7) is 1.23. The van der Waals surface area contributed by atoms with E-state index in [1.807, 2.05) is 4.98 Å². The highest BCUT2D eigenvalue weighted by atomic mass is 32.2. The van der Waals surface area contributed by atoms with Crippen LogP contribution in [0.4, 0.5) is 0 Å². The van der Waals surface area contributed by atoms with Gasteiger partial charge in [0.25, 0.3) is 5.56 Å². The van der Waals surface area contributed by atoms with Crippen molar-refractivity contribution in [1.82, 2.24) is 14.3 Å². The van der Waals surface area contributed by atoms with Crippen molar-refractivity contribution in [3.63, 3.8) is 0 Å². The molecule has 1 aliphatic heterocycles. The Labute approximate surface area is 113 Å². The summed E-state index contributed by atoms with van der Waals surface area (Å²) in [4.78, 5) is 36.8. The van der Waals surface area contributed by atoms with Gasteiger partial charge in [0.1, 0.15) is 0 Å². The van der Waals surface area contributed by atoms with Gasteiger partial charge in [-0.25, -0.2) is 13.2 Å². The third-order valence-electron chi connectivity index (χ3n) is 3.36. The van der Waals surface area contributed by atoms with Gasteiger partial charge >= 0.3 is 11.7 Å². The van der Waals surface area contributed by atoms with Crippen LogP contribution in [0.2, 0.25) is 0 Å². The molecule has 0 radical (unpaired) electrons. The molecule has 1 saturated heterocycles. The molecule has 0 spiro atoms. The molecule has 3 N–H and O–H groups in total. The topological polar surface area (TPSA) is 140 Å². The van der Waals surface area contributed by atoms with Gasteiger partial charge in [-0.05, 0) is 13.3 Å². The summed E-state index contributed by atoms with van der Waals surface area (Å²) in [6, 6.07) is 0. The molecule has 0 bridgehead atoms. The minimum absolute atomic E-state index is 0.00367. The molecular formula is C10H13N3O6S. The average Bonchev–Trinajstić information content (AvgIpc) is 2.73. The molecule has 9 nitrogen and oxygen atoms in total. The number of carboxylic acid groups (broad SMARTS) is 1. The molecule has 110 valence electrons. The number of sulfonamides is 1. The van der Waals surface area contributed by atoms with E-state index in [0.717, 1.165) is 10.5 Å². The summed E-state index contributed by atoms with van der Waals surface area (Å²) in [5.41, 5.74) is -3.02. The van der Waals surface area contributed by atoms with Crippen LogP contribution in [-0.2, 0) is 14.8 Å². The molecule has 2 rings (SSSR count). The van der Waals surface area contributed by atoms with Crippen LogP contribution in [0.25, 0.3) is 0 Å². The number of aromatic nitrogens is 2. The van der Waals surface area contributed by atoms with Crippen molar-refractivity contribution >= 4 is 16.0 Å². The molecule has 2 heterocycles. The Bertz CT molecular complexity index is 764. The fourth-order valence-corrected chi connectivity index (χ4v) is 3.58. The molecule has 20 heavy (non-hydrogen) atoms. The maximum Gasteiger partial charge on any atom is 0.325 e. The Morgan fingerprint density at radius 1 is 1.45 bits per heavy atom. The van der Waals surface area contributed by atoms with Crippen molar-refractivity contribution in [3.8, 4) is 0 Å². The first-order valence-corrected chi connectivity index (χ1v) is 7.16. The monoisotopic (exact) mass is 303 g/mol. The summed E-state index contributed by atoms with van der Waals surface area (Å²) in [5, 5.41) is 9.08. The van der Waals surface area contributed by atoms with Crippen molar-refractivity contribution < 1.29 is 18.3 Å². The van der Waals surface area contributed by atoms with Gasteiger partial charge in [0, 0.05) is 19.3 Å². The van der Waals surface area contributed by atoms with Crippen molar-refractivity contribution in [3.05, 3.63) is 27.0 Å². The Balaban J connectivity index is 2.40. The van der Waals surface area contributed by atoms with Gasteiger partial charge in [-0.2, -0.15) is 4.31 Å². The number of aliphatic carboxylic acids is 1. The number of carboxylic acids is 1. The van der Waals surface area contributed by atoms with Gasteiger partial charge in [0.05, 0.1) is 5.41 Å². The number of hydrogen-bond donors (Lipinski definition) is 3. The Hall–Kier alpha value is -1.94. The van der Waals surface area contributed by atoms with Gasteiger partial charge in [-0.3, -0.25) is 14.6 Å². The Morgan fingerprint density at radius 3 is 2.60 bits per heavy atom. The Morgan fingerprint density at radius 2 is 2.10 bits per heavy atom. The maximum absolute atomic E-state index is 12.3. The largest absolute Gasteiger partial charge is 0.481 e. The highest BCUT2D eigenvalue weighted by Gasteiger charge is 2.45. The molecule has 0 aliphatic carbocycles. The summed E-state index contributed by atoms with van der Waals surface area (Å²) < 4.78 is 25.5. The first-order valence-electron chi connectivity index (χ1n) is 5.72. The van der Waals surface area contributed by atoms with E-state index in [1.54, 1.807) is 0 Å². The van der Waals surface area contributed by atoms with Gasteiger partial charge in [-0.1, -0.05) is 0 Å². The molecule has 1 aromatic rings. The standard InChI is InChI=1S/C10H13N3O6S/c1-10(8(15)16)2-3-13(5-10)20(18,19)6-4-11-9(17)12-7(6)14/h4H,2-3,5H2,1H3,(H,15,16)(H2,11,12,14,17). The molecule has 1 unspecified atom stereocenters. The van der Waals surface area contributed by atoms with E-state index >= 15 is 0 Å². The fraction of sp³-hybridized carbons (Fsp3) is 0.500. The van der Waals surface area contributed by atoms with E-state index in [1.165, 1.54) is 6.92 Å². The summed E-state index contributed by atoms with van der Waals surface area (Å²) in [7, 11) is -4.13. The van der Waals surface area contributed by atoms with E-state index in [2.05, 4.69) is 4.98 Å². The third-order valence-corrected chi connectivity index (χ3v) is 5.21. The number of nitrogens with zero attached hydrogens (tertiary/aromatic N) is 1. The zero-order chi connectivity index (χ0) is 15.1. The smallest absolute Gasteiger partial charge is 0.325 e. The Kier molecular flexibility index (Phi) is 3.30. The number of H-pyrrole nitrogens is 2.